The summed E-state index contributed by atoms with van der Waals surface area (Å²) in [5.74, 6) is 0.0300. The number of benzene rings is 2. The van der Waals surface area contributed by atoms with Crippen LogP contribution < -0.4 is 4.74 Å². The van der Waals surface area contributed by atoms with Crippen LogP contribution in [0, 0.1) is 0 Å². The van der Waals surface area contributed by atoms with Crippen molar-refractivity contribution in [3.05, 3.63) is 66.2 Å². The Morgan fingerprint density at radius 2 is 1.58 bits per heavy atom. The molecule has 0 heterocycles. The first-order valence-corrected chi connectivity index (χ1v) is 6.73. The molecule has 3 nitrogen and oxygen atoms in total. The Morgan fingerprint density at radius 3 is 2.21 bits per heavy atom. The van der Waals surface area contributed by atoms with Gasteiger partial charge in [0.25, 0.3) is 0 Å². The van der Waals surface area contributed by atoms with Crippen molar-refractivity contribution in [2.75, 3.05) is 0 Å². The molecule has 0 spiro atoms. The SMILES string of the molecule is O=C(Oc1ccccc1)C(Br)OCc1ccccc1. The van der Waals surface area contributed by atoms with Crippen LogP contribution in [0.3, 0.4) is 0 Å². The summed E-state index contributed by atoms with van der Waals surface area (Å²) in [5.41, 5.74) is 1.000. The summed E-state index contributed by atoms with van der Waals surface area (Å²) in [6.45, 7) is 0.348. The van der Waals surface area contributed by atoms with Crippen LogP contribution in [-0.2, 0) is 16.1 Å². The van der Waals surface area contributed by atoms with Crippen molar-refractivity contribution in [2.24, 2.45) is 0 Å². The molecule has 1 unspecified atom stereocenters. The van der Waals surface area contributed by atoms with E-state index in [0.717, 1.165) is 5.56 Å². The van der Waals surface area contributed by atoms with Crippen molar-refractivity contribution in [3.8, 4) is 5.75 Å². The monoisotopic (exact) mass is 320 g/mol. The van der Waals surface area contributed by atoms with Gasteiger partial charge in [-0.2, -0.15) is 0 Å². The van der Waals surface area contributed by atoms with E-state index in [2.05, 4.69) is 15.9 Å². The average molecular weight is 321 g/mol. The predicted octanol–water partition coefficient (Wildman–Crippen LogP) is 3.53. The molecule has 0 fully saturated rings. The number of carbonyl (C=O) groups is 1. The maximum Gasteiger partial charge on any atom is 0.351 e. The third-order valence-electron chi connectivity index (χ3n) is 2.39. The molecule has 0 saturated carbocycles. The van der Waals surface area contributed by atoms with Crippen molar-refractivity contribution in [3.63, 3.8) is 0 Å². The van der Waals surface area contributed by atoms with Gasteiger partial charge < -0.3 is 9.47 Å². The van der Waals surface area contributed by atoms with Crippen LogP contribution in [0.5, 0.6) is 5.75 Å². The molecule has 0 aliphatic heterocycles. The number of carbonyl (C=O) groups excluding carboxylic acids is 1. The number of hydrogen-bond donors (Lipinski definition) is 0. The van der Waals surface area contributed by atoms with Gasteiger partial charge in [0.05, 0.1) is 6.61 Å². The smallest absolute Gasteiger partial charge is 0.351 e. The zero-order chi connectivity index (χ0) is 13.5. The maximum absolute atomic E-state index is 11.7. The van der Waals surface area contributed by atoms with Gasteiger partial charge >= 0.3 is 5.97 Å². The van der Waals surface area contributed by atoms with E-state index in [1.54, 1.807) is 24.3 Å². The fourth-order valence-electron chi connectivity index (χ4n) is 1.46. The van der Waals surface area contributed by atoms with Gasteiger partial charge in [-0.1, -0.05) is 48.5 Å². The number of ether oxygens (including phenoxy) is 2. The largest absolute Gasteiger partial charge is 0.424 e. The van der Waals surface area contributed by atoms with Crippen LogP contribution in [0.25, 0.3) is 0 Å². The van der Waals surface area contributed by atoms with E-state index < -0.39 is 11.0 Å². The molecule has 19 heavy (non-hydrogen) atoms. The first-order chi connectivity index (χ1) is 9.25. The summed E-state index contributed by atoms with van der Waals surface area (Å²) in [4.78, 5) is 11.7. The highest BCUT2D eigenvalue weighted by Crippen LogP contribution is 2.14. The quantitative estimate of drug-likeness (QED) is 0.480. The molecule has 0 aliphatic carbocycles. The Morgan fingerprint density at radius 1 is 1.00 bits per heavy atom. The van der Waals surface area contributed by atoms with Crippen LogP contribution in [0.15, 0.2) is 60.7 Å². The highest BCUT2D eigenvalue weighted by molar-refractivity contribution is 9.09. The summed E-state index contributed by atoms with van der Waals surface area (Å²) >= 11 is 3.16. The highest BCUT2D eigenvalue weighted by atomic mass is 79.9. The normalized spacial score (nSPS) is 11.8. The molecule has 0 radical (unpaired) electrons. The number of hydrogen-bond acceptors (Lipinski definition) is 3. The van der Waals surface area contributed by atoms with Gasteiger partial charge in [0.15, 0.2) is 0 Å². The summed E-state index contributed by atoms with van der Waals surface area (Å²) in [6, 6.07) is 18.5. The third-order valence-corrected chi connectivity index (χ3v) is 3.02. The van der Waals surface area contributed by atoms with Crippen LogP contribution >= 0.6 is 15.9 Å². The van der Waals surface area contributed by atoms with E-state index in [1.165, 1.54) is 0 Å². The summed E-state index contributed by atoms with van der Waals surface area (Å²) in [7, 11) is 0. The molecule has 4 heteroatoms. The number of esters is 1. The second kappa shape index (κ2) is 7.07. The lowest BCUT2D eigenvalue weighted by Gasteiger charge is -2.11. The average Bonchev–Trinajstić information content (AvgIpc) is 2.47. The Labute approximate surface area is 120 Å². The van der Waals surface area contributed by atoms with Crippen molar-refractivity contribution in [1.29, 1.82) is 0 Å². The first kappa shape index (κ1) is 13.8. The summed E-state index contributed by atoms with van der Waals surface area (Å²) in [5, 5.41) is -0.784. The van der Waals surface area contributed by atoms with Gasteiger partial charge in [-0.25, -0.2) is 4.79 Å². The molecule has 98 valence electrons. The van der Waals surface area contributed by atoms with E-state index >= 15 is 0 Å². The lowest BCUT2D eigenvalue weighted by Crippen LogP contribution is -2.23. The minimum atomic E-state index is -0.784. The highest BCUT2D eigenvalue weighted by Gasteiger charge is 2.17. The van der Waals surface area contributed by atoms with Crippen LogP contribution in [-0.4, -0.2) is 11.0 Å². The van der Waals surface area contributed by atoms with E-state index in [4.69, 9.17) is 9.47 Å². The molecule has 2 aromatic carbocycles. The van der Waals surface area contributed by atoms with Gasteiger partial charge in [0, 0.05) is 0 Å². The third kappa shape index (κ3) is 4.50. The zero-order valence-electron chi connectivity index (χ0n) is 10.2. The first-order valence-electron chi connectivity index (χ1n) is 5.82. The topological polar surface area (TPSA) is 35.5 Å². The number of rotatable bonds is 5. The molecule has 0 bridgehead atoms. The van der Waals surface area contributed by atoms with E-state index in [0.29, 0.717) is 12.4 Å². The standard InChI is InChI=1S/C15H13BrO3/c16-14(18-11-12-7-3-1-4-8-12)15(17)19-13-9-5-2-6-10-13/h1-10,14H,11H2. The molecule has 0 amide bonds. The summed E-state index contributed by atoms with van der Waals surface area (Å²) in [6.07, 6.45) is 0. The van der Waals surface area contributed by atoms with Gasteiger partial charge in [-0.15, -0.1) is 0 Å². The molecule has 1 atom stereocenters. The Hall–Kier alpha value is -1.65. The van der Waals surface area contributed by atoms with Gasteiger partial charge in [0.1, 0.15) is 5.75 Å². The molecular formula is C15H13BrO3. The molecule has 0 saturated heterocycles. The molecule has 0 N–H and O–H groups in total. The number of alkyl halides is 1. The second-order valence-corrected chi connectivity index (χ2v) is 4.68. The van der Waals surface area contributed by atoms with Gasteiger partial charge in [0.2, 0.25) is 5.01 Å². The minimum Gasteiger partial charge on any atom is -0.424 e. The molecule has 0 aliphatic rings. The van der Waals surface area contributed by atoms with E-state index in [-0.39, 0.29) is 0 Å². The number of halogens is 1. The van der Waals surface area contributed by atoms with Crippen LogP contribution in [0.1, 0.15) is 5.56 Å². The Balaban J connectivity index is 1.83. The Bertz CT molecular complexity index is 513. The fourth-order valence-corrected chi connectivity index (χ4v) is 1.69. The van der Waals surface area contributed by atoms with Crippen molar-refractivity contribution >= 4 is 21.9 Å². The van der Waals surface area contributed by atoms with Gasteiger partial charge in [-0.05, 0) is 33.6 Å². The second-order valence-electron chi connectivity index (χ2n) is 3.85. The Kier molecular flexibility index (Phi) is 5.12. The lowest BCUT2D eigenvalue weighted by atomic mass is 10.2. The van der Waals surface area contributed by atoms with Crippen LogP contribution in [0.4, 0.5) is 0 Å². The van der Waals surface area contributed by atoms with Crippen molar-refractivity contribution < 1.29 is 14.3 Å². The lowest BCUT2D eigenvalue weighted by molar-refractivity contribution is -0.141. The zero-order valence-corrected chi connectivity index (χ0v) is 11.7. The van der Waals surface area contributed by atoms with Crippen LogP contribution in [0.2, 0.25) is 0 Å². The molecule has 2 aromatic rings. The number of para-hydroxylation sites is 1. The molecular weight excluding hydrogens is 308 g/mol. The summed E-state index contributed by atoms with van der Waals surface area (Å²) < 4.78 is 10.6. The predicted molar refractivity (Wildman–Crippen MR) is 76.0 cm³/mol. The van der Waals surface area contributed by atoms with E-state index in [1.807, 2.05) is 36.4 Å². The molecule has 0 aromatic heterocycles. The van der Waals surface area contributed by atoms with Crippen molar-refractivity contribution in [2.45, 2.75) is 11.6 Å². The van der Waals surface area contributed by atoms with Gasteiger partial charge in [-0.3, -0.25) is 0 Å². The molecule has 2 rings (SSSR count). The van der Waals surface area contributed by atoms with Crippen molar-refractivity contribution in [1.82, 2.24) is 0 Å². The maximum atomic E-state index is 11.7. The fraction of sp³-hybridized carbons (Fsp3) is 0.133. The minimum absolute atomic E-state index is 0.348. The van der Waals surface area contributed by atoms with E-state index in [9.17, 15) is 4.79 Å².